The molecule has 0 spiro atoms. The second-order valence-corrected chi connectivity index (χ2v) is 8.36. The van der Waals surface area contributed by atoms with Crippen LogP contribution in [0.1, 0.15) is 32.9 Å². The molecule has 2 aliphatic heterocycles. The second-order valence-electron chi connectivity index (χ2n) is 7.35. The Morgan fingerprint density at radius 2 is 2.19 bits per heavy atom. The van der Waals surface area contributed by atoms with Crippen LogP contribution in [0, 0.1) is 0 Å². The summed E-state index contributed by atoms with van der Waals surface area (Å²) in [5.74, 6) is 0.0366. The molecule has 0 saturated carbocycles. The molecule has 1 aromatic rings. The van der Waals surface area contributed by atoms with E-state index in [9.17, 15) is 19.5 Å². The van der Waals surface area contributed by atoms with E-state index in [0.29, 0.717) is 31.2 Å². The Morgan fingerprint density at radius 1 is 1.44 bits per heavy atom. The molecule has 3 amide bonds. The van der Waals surface area contributed by atoms with E-state index >= 15 is 0 Å². The van der Waals surface area contributed by atoms with Crippen molar-refractivity contribution in [1.82, 2.24) is 20.2 Å². The highest BCUT2D eigenvalue weighted by molar-refractivity contribution is 8.18. The lowest BCUT2D eigenvalue weighted by Gasteiger charge is -2.37. The molecule has 0 radical (unpaired) electrons. The van der Waals surface area contributed by atoms with Gasteiger partial charge in [-0.1, -0.05) is 0 Å². The number of hydrogen-bond acceptors (Lipinski definition) is 7. The van der Waals surface area contributed by atoms with Crippen LogP contribution in [-0.2, 0) is 4.79 Å². The lowest BCUT2D eigenvalue weighted by Crippen LogP contribution is -2.52. The molecule has 2 aliphatic rings. The van der Waals surface area contributed by atoms with Gasteiger partial charge in [-0.05, 0) is 51.1 Å². The molecule has 2 saturated heterocycles. The molecular weight excluding hydrogens is 370 g/mol. The first-order valence-corrected chi connectivity index (χ1v) is 9.32. The van der Waals surface area contributed by atoms with Gasteiger partial charge in [-0.2, -0.15) is 0 Å². The summed E-state index contributed by atoms with van der Waals surface area (Å²) < 4.78 is 0. The highest BCUT2D eigenvalue weighted by Gasteiger charge is 2.37. The fourth-order valence-electron chi connectivity index (χ4n) is 3.28. The van der Waals surface area contributed by atoms with Crippen LogP contribution in [0.25, 0.3) is 6.08 Å². The molecule has 0 bridgehead atoms. The maximum atomic E-state index is 11.7. The van der Waals surface area contributed by atoms with Gasteiger partial charge >= 0.3 is 6.09 Å². The minimum absolute atomic E-state index is 0.151. The van der Waals surface area contributed by atoms with Gasteiger partial charge < -0.3 is 10.0 Å². The quantitative estimate of drug-likeness (QED) is 0.753. The number of anilines is 1. The van der Waals surface area contributed by atoms with Crippen LogP contribution < -0.4 is 10.2 Å². The van der Waals surface area contributed by atoms with Gasteiger partial charge in [0, 0.05) is 24.8 Å². The number of nitrogens with one attached hydrogen (secondary N) is 1. The smallest absolute Gasteiger partial charge is 0.408 e. The van der Waals surface area contributed by atoms with Gasteiger partial charge in [0.2, 0.25) is 5.95 Å². The molecule has 2 fully saturated rings. The van der Waals surface area contributed by atoms with Crippen LogP contribution in [0.2, 0.25) is 0 Å². The fourth-order valence-corrected chi connectivity index (χ4v) is 3.94. The summed E-state index contributed by atoms with van der Waals surface area (Å²) in [5, 5.41) is 11.4. The molecule has 1 unspecified atom stereocenters. The highest BCUT2D eigenvalue weighted by Crippen LogP contribution is 2.27. The van der Waals surface area contributed by atoms with E-state index in [-0.39, 0.29) is 10.9 Å². The Balaban J connectivity index is 1.77. The van der Waals surface area contributed by atoms with Crippen molar-refractivity contribution in [1.29, 1.82) is 0 Å². The number of carbonyl (C=O) groups is 3. The number of hydrogen-bond donors (Lipinski definition) is 2. The Bertz CT molecular complexity index is 820. The first-order chi connectivity index (χ1) is 12.6. The van der Waals surface area contributed by atoms with E-state index < -0.39 is 22.8 Å². The maximum Gasteiger partial charge on any atom is 0.408 e. The van der Waals surface area contributed by atoms with Crippen molar-refractivity contribution in [2.24, 2.45) is 0 Å². The zero-order chi connectivity index (χ0) is 19.8. The van der Waals surface area contributed by atoms with Crippen molar-refractivity contribution >= 4 is 41.0 Å². The molecule has 144 valence electrons. The zero-order valence-electron chi connectivity index (χ0n) is 15.3. The summed E-state index contributed by atoms with van der Waals surface area (Å²) in [4.78, 5) is 47.0. The number of aromatic nitrogens is 2. The summed E-state index contributed by atoms with van der Waals surface area (Å²) >= 11 is 0.832. The van der Waals surface area contributed by atoms with E-state index in [1.807, 2.05) is 25.7 Å². The number of nitrogens with zero attached hydrogens (tertiary/aromatic N) is 4. The van der Waals surface area contributed by atoms with Crippen LogP contribution in [0.3, 0.4) is 0 Å². The van der Waals surface area contributed by atoms with Gasteiger partial charge in [-0.15, -0.1) is 0 Å². The van der Waals surface area contributed by atoms with Gasteiger partial charge in [-0.25, -0.2) is 14.8 Å². The van der Waals surface area contributed by atoms with Crippen LogP contribution in [0.4, 0.5) is 15.5 Å². The monoisotopic (exact) mass is 391 g/mol. The predicted molar refractivity (Wildman–Crippen MR) is 101 cm³/mol. The van der Waals surface area contributed by atoms with Crippen LogP contribution >= 0.6 is 11.8 Å². The van der Waals surface area contributed by atoms with E-state index in [4.69, 9.17) is 0 Å². The van der Waals surface area contributed by atoms with Crippen molar-refractivity contribution in [3.05, 3.63) is 22.9 Å². The normalized spacial score (nSPS) is 21.7. The van der Waals surface area contributed by atoms with Crippen LogP contribution in [-0.4, -0.2) is 61.9 Å². The molecule has 9 nitrogen and oxygen atoms in total. The molecule has 1 atom stereocenters. The topological polar surface area (TPSA) is 116 Å². The predicted octanol–water partition coefficient (Wildman–Crippen LogP) is 2.16. The first kappa shape index (κ1) is 19.2. The minimum Gasteiger partial charge on any atom is -0.465 e. The maximum absolute atomic E-state index is 11.7. The van der Waals surface area contributed by atoms with E-state index in [2.05, 4.69) is 15.3 Å². The number of carboxylic acid groups (broad SMARTS) is 1. The van der Waals surface area contributed by atoms with E-state index in [1.54, 1.807) is 18.3 Å². The molecule has 27 heavy (non-hydrogen) atoms. The third-order valence-electron chi connectivity index (χ3n) is 4.33. The molecular formula is C17H21N5O4S. The Kier molecular flexibility index (Phi) is 5.09. The number of thioether (sulfide) groups is 1. The van der Waals surface area contributed by atoms with Gasteiger partial charge in [0.15, 0.2) is 0 Å². The average molecular weight is 391 g/mol. The van der Waals surface area contributed by atoms with E-state index in [1.165, 1.54) is 4.90 Å². The lowest BCUT2D eigenvalue weighted by molar-refractivity contribution is -0.115. The molecule has 0 aromatic carbocycles. The number of rotatable bonds is 3. The Hall–Kier alpha value is -2.62. The van der Waals surface area contributed by atoms with Crippen molar-refractivity contribution in [3.8, 4) is 0 Å². The SMILES string of the molecule is CC(C)(C)N(C(=O)O)C1CCN(c2nccc(C=C3SC(=O)NC3=O)n2)C1. The first-order valence-electron chi connectivity index (χ1n) is 8.50. The molecule has 3 heterocycles. The number of imide groups is 1. The summed E-state index contributed by atoms with van der Waals surface area (Å²) in [5.41, 5.74) is 0.0147. The van der Waals surface area contributed by atoms with Gasteiger partial charge in [0.1, 0.15) is 0 Å². The van der Waals surface area contributed by atoms with Crippen molar-refractivity contribution in [2.45, 2.75) is 38.8 Å². The van der Waals surface area contributed by atoms with Crippen molar-refractivity contribution in [2.75, 3.05) is 18.0 Å². The molecule has 1 aromatic heterocycles. The fraction of sp³-hybridized carbons (Fsp3) is 0.471. The third-order valence-corrected chi connectivity index (χ3v) is 5.14. The molecule has 10 heteroatoms. The lowest BCUT2D eigenvalue weighted by atomic mass is 10.0. The third kappa shape index (κ3) is 4.21. The molecule has 2 N–H and O–H groups in total. The standard InChI is InChI=1S/C17H21N5O4S/c1-17(2,3)22(16(25)26)11-5-7-21(9-11)14-18-6-4-10(19-14)8-12-13(23)20-15(24)27-12/h4,6,8,11H,5,7,9H2,1-3H3,(H,25,26)(H,20,23,24). The number of carbonyl (C=O) groups excluding carboxylic acids is 2. The van der Waals surface area contributed by atoms with Crippen LogP contribution in [0.5, 0.6) is 0 Å². The average Bonchev–Trinajstić information content (AvgIpc) is 3.13. The Labute approximate surface area is 160 Å². The zero-order valence-corrected chi connectivity index (χ0v) is 16.1. The van der Waals surface area contributed by atoms with Crippen LogP contribution in [0.15, 0.2) is 17.2 Å². The van der Waals surface area contributed by atoms with Gasteiger partial charge in [-0.3, -0.25) is 19.8 Å². The van der Waals surface area contributed by atoms with Gasteiger partial charge in [0.05, 0.1) is 16.6 Å². The number of amides is 3. The van der Waals surface area contributed by atoms with Crippen molar-refractivity contribution in [3.63, 3.8) is 0 Å². The summed E-state index contributed by atoms with van der Waals surface area (Å²) in [6, 6.07) is 1.50. The summed E-state index contributed by atoms with van der Waals surface area (Å²) in [7, 11) is 0. The minimum atomic E-state index is -0.942. The molecule has 0 aliphatic carbocycles. The largest absolute Gasteiger partial charge is 0.465 e. The van der Waals surface area contributed by atoms with Crippen molar-refractivity contribution < 1.29 is 19.5 Å². The Morgan fingerprint density at radius 3 is 2.78 bits per heavy atom. The summed E-state index contributed by atoms with van der Waals surface area (Å²) in [6.07, 6.45) is 2.87. The summed E-state index contributed by atoms with van der Waals surface area (Å²) in [6.45, 7) is 6.76. The highest BCUT2D eigenvalue weighted by atomic mass is 32.2. The molecule has 3 rings (SSSR count). The van der Waals surface area contributed by atoms with Gasteiger partial charge in [0.25, 0.3) is 11.1 Å². The second kappa shape index (κ2) is 7.18. The van der Waals surface area contributed by atoms with E-state index in [0.717, 1.165) is 11.8 Å².